The summed E-state index contributed by atoms with van der Waals surface area (Å²) in [6.07, 6.45) is 2.78. The second-order valence-corrected chi connectivity index (χ2v) is 10.3. The second kappa shape index (κ2) is 9.35. The van der Waals surface area contributed by atoms with Gasteiger partial charge < -0.3 is 5.32 Å². The van der Waals surface area contributed by atoms with Crippen LogP contribution < -0.4 is 9.62 Å². The van der Waals surface area contributed by atoms with E-state index in [9.17, 15) is 13.2 Å². The molecule has 5 nitrogen and oxygen atoms in total. The molecule has 0 radical (unpaired) electrons. The van der Waals surface area contributed by atoms with E-state index in [1.165, 1.54) is 17.7 Å². The molecule has 0 heterocycles. The molecule has 32 heavy (non-hydrogen) atoms. The topological polar surface area (TPSA) is 66.5 Å². The molecule has 1 amide bonds. The third kappa shape index (κ3) is 4.66. The molecule has 1 aliphatic rings. The summed E-state index contributed by atoms with van der Waals surface area (Å²) in [7, 11) is -3.98. The van der Waals surface area contributed by atoms with Crippen molar-refractivity contribution < 1.29 is 13.2 Å². The van der Waals surface area contributed by atoms with Gasteiger partial charge in [-0.25, -0.2) is 8.42 Å². The van der Waals surface area contributed by atoms with E-state index in [1.807, 2.05) is 18.2 Å². The van der Waals surface area contributed by atoms with E-state index >= 15 is 0 Å². The van der Waals surface area contributed by atoms with Gasteiger partial charge in [-0.3, -0.25) is 9.10 Å². The lowest BCUT2D eigenvalue weighted by Gasteiger charge is -2.29. The molecule has 7 heteroatoms. The van der Waals surface area contributed by atoms with Crippen molar-refractivity contribution in [2.24, 2.45) is 0 Å². The predicted molar refractivity (Wildman–Crippen MR) is 127 cm³/mol. The molecule has 1 aliphatic carbocycles. The van der Waals surface area contributed by atoms with Crippen LogP contribution in [0.4, 0.5) is 5.69 Å². The molecule has 1 atom stereocenters. The van der Waals surface area contributed by atoms with Gasteiger partial charge >= 0.3 is 0 Å². The minimum atomic E-state index is -3.98. The number of aryl methyl sites for hydroxylation is 2. The Morgan fingerprint density at radius 3 is 2.56 bits per heavy atom. The number of anilines is 1. The maximum Gasteiger partial charge on any atom is 0.264 e. The number of benzene rings is 3. The van der Waals surface area contributed by atoms with E-state index in [0.717, 1.165) is 29.1 Å². The van der Waals surface area contributed by atoms with E-state index in [1.54, 1.807) is 43.3 Å². The average Bonchev–Trinajstić information content (AvgIpc) is 2.80. The number of hydrogen-bond acceptors (Lipinski definition) is 3. The number of fused-ring (bicyclic) bond motifs is 1. The van der Waals surface area contributed by atoms with Gasteiger partial charge in [-0.2, -0.15) is 0 Å². The first-order chi connectivity index (χ1) is 15.4. The Balaban J connectivity index is 1.66. The van der Waals surface area contributed by atoms with Crippen LogP contribution in [0.1, 0.15) is 35.6 Å². The fourth-order valence-electron chi connectivity index (χ4n) is 4.14. The number of amides is 1. The Kier molecular flexibility index (Phi) is 6.53. The van der Waals surface area contributed by atoms with E-state index in [2.05, 4.69) is 11.4 Å². The largest absolute Gasteiger partial charge is 0.348 e. The number of halogens is 1. The standard InChI is InChI=1S/C25H25ClN2O3S/c1-18-14-15-20(26)16-24(18)28(32(30,31)21-10-3-2-4-11-21)17-25(29)27-23-13-7-9-19-8-5-6-12-22(19)23/h2-6,8,10-12,14-16,23H,7,9,13,17H2,1H3,(H,27,29). The smallest absolute Gasteiger partial charge is 0.264 e. The maximum absolute atomic E-state index is 13.5. The molecular formula is C25H25ClN2O3S. The van der Waals surface area contributed by atoms with Crippen molar-refractivity contribution >= 4 is 33.2 Å². The van der Waals surface area contributed by atoms with Crippen LogP contribution in [0, 0.1) is 6.92 Å². The molecule has 0 fully saturated rings. The minimum absolute atomic E-state index is 0.121. The molecule has 3 aromatic rings. The number of nitrogens with zero attached hydrogens (tertiary/aromatic N) is 1. The van der Waals surface area contributed by atoms with Crippen LogP contribution in [-0.2, 0) is 21.2 Å². The Morgan fingerprint density at radius 1 is 1.06 bits per heavy atom. The summed E-state index contributed by atoms with van der Waals surface area (Å²) in [5, 5.41) is 3.46. The second-order valence-electron chi connectivity index (χ2n) is 7.97. The van der Waals surface area contributed by atoms with Crippen LogP contribution in [0.2, 0.25) is 5.02 Å². The summed E-state index contributed by atoms with van der Waals surface area (Å²) in [6.45, 7) is 1.46. The molecule has 4 rings (SSSR count). The lowest BCUT2D eigenvalue weighted by atomic mass is 9.88. The van der Waals surface area contributed by atoms with Crippen LogP contribution >= 0.6 is 11.6 Å². The first-order valence-corrected chi connectivity index (χ1v) is 12.4. The zero-order valence-electron chi connectivity index (χ0n) is 17.8. The Labute approximate surface area is 194 Å². The fraction of sp³-hybridized carbons (Fsp3) is 0.240. The van der Waals surface area contributed by atoms with Crippen molar-refractivity contribution in [1.29, 1.82) is 0 Å². The summed E-state index contributed by atoms with van der Waals surface area (Å²) in [6, 6.07) is 21.1. The van der Waals surface area contributed by atoms with E-state index < -0.39 is 10.0 Å². The van der Waals surface area contributed by atoms with E-state index in [4.69, 9.17) is 11.6 Å². The minimum Gasteiger partial charge on any atom is -0.348 e. The van der Waals surface area contributed by atoms with Crippen molar-refractivity contribution in [3.05, 3.63) is 94.5 Å². The third-order valence-corrected chi connectivity index (χ3v) is 7.77. The Morgan fingerprint density at radius 2 is 1.78 bits per heavy atom. The van der Waals surface area contributed by atoms with Gasteiger partial charge in [-0.15, -0.1) is 0 Å². The van der Waals surface area contributed by atoms with Gasteiger partial charge in [0.2, 0.25) is 5.91 Å². The van der Waals surface area contributed by atoms with Crippen molar-refractivity contribution in [2.45, 2.75) is 37.1 Å². The molecule has 1 unspecified atom stereocenters. The average molecular weight is 469 g/mol. The fourth-order valence-corrected chi connectivity index (χ4v) is 5.81. The van der Waals surface area contributed by atoms with Crippen molar-refractivity contribution in [2.75, 3.05) is 10.8 Å². The molecule has 0 aliphatic heterocycles. The van der Waals surface area contributed by atoms with Crippen molar-refractivity contribution in [3.63, 3.8) is 0 Å². The van der Waals surface area contributed by atoms with Gasteiger partial charge in [-0.1, -0.05) is 60.1 Å². The predicted octanol–water partition coefficient (Wildman–Crippen LogP) is 5.04. The highest BCUT2D eigenvalue weighted by molar-refractivity contribution is 7.92. The van der Waals surface area contributed by atoms with Crippen molar-refractivity contribution in [1.82, 2.24) is 5.32 Å². The van der Waals surface area contributed by atoms with Crippen LogP contribution in [0.25, 0.3) is 0 Å². The van der Waals surface area contributed by atoms with Gasteiger partial charge in [0.05, 0.1) is 16.6 Å². The zero-order valence-corrected chi connectivity index (χ0v) is 19.4. The molecule has 0 saturated carbocycles. The summed E-state index contributed by atoms with van der Waals surface area (Å²) < 4.78 is 28.2. The Hall–Kier alpha value is -2.83. The van der Waals surface area contributed by atoms with Crippen LogP contribution in [0.3, 0.4) is 0 Å². The summed E-state index contributed by atoms with van der Waals surface area (Å²) in [5.41, 5.74) is 3.43. The molecule has 0 spiro atoms. The third-order valence-electron chi connectivity index (χ3n) is 5.76. The number of carbonyl (C=O) groups is 1. The number of sulfonamides is 1. The van der Waals surface area contributed by atoms with Crippen molar-refractivity contribution in [3.8, 4) is 0 Å². The first kappa shape index (κ1) is 22.4. The number of nitrogens with one attached hydrogen (secondary N) is 1. The number of hydrogen-bond donors (Lipinski definition) is 1. The molecule has 1 N–H and O–H groups in total. The monoisotopic (exact) mass is 468 g/mol. The molecule has 0 bridgehead atoms. The quantitative estimate of drug-likeness (QED) is 0.551. The first-order valence-electron chi connectivity index (χ1n) is 10.6. The summed E-state index contributed by atoms with van der Waals surface area (Å²) in [5.74, 6) is -0.356. The molecule has 3 aromatic carbocycles. The zero-order chi connectivity index (χ0) is 22.7. The number of rotatable bonds is 6. The summed E-state index contributed by atoms with van der Waals surface area (Å²) in [4.78, 5) is 13.2. The highest BCUT2D eigenvalue weighted by atomic mass is 35.5. The molecular weight excluding hydrogens is 444 g/mol. The van der Waals surface area contributed by atoms with Gasteiger partial charge in [-0.05, 0) is 67.1 Å². The summed E-state index contributed by atoms with van der Waals surface area (Å²) >= 11 is 6.18. The van der Waals surface area contributed by atoms with Gasteiger partial charge in [0.1, 0.15) is 6.54 Å². The highest BCUT2D eigenvalue weighted by Gasteiger charge is 2.30. The lowest BCUT2D eigenvalue weighted by Crippen LogP contribution is -2.42. The highest BCUT2D eigenvalue weighted by Crippen LogP contribution is 2.31. The molecule has 166 valence electrons. The maximum atomic E-state index is 13.5. The van der Waals surface area contributed by atoms with Gasteiger partial charge in [0, 0.05) is 5.02 Å². The molecule has 0 aromatic heterocycles. The van der Waals surface area contributed by atoms with E-state index in [-0.39, 0.29) is 23.4 Å². The Bertz CT molecular complexity index is 1230. The van der Waals surface area contributed by atoms with Crippen LogP contribution in [-0.4, -0.2) is 20.9 Å². The van der Waals surface area contributed by atoms with Crippen LogP contribution in [0.5, 0.6) is 0 Å². The molecule has 0 saturated heterocycles. The van der Waals surface area contributed by atoms with Gasteiger partial charge in [0.15, 0.2) is 0 Å². The van der Waals surface area contributed by atoms with Gasteiger partial charge in [0.25, 0.3) is 10.0 Å². The van der Waals surface area contributed by atoms with Crippen LogP contribution in [0.15, 0.2) is 77.7 Å². The number of carbonyl (C=O) groups excluding carboxylic acids is 1. The lowest BCUT2D eigenvalue weighted by molar-refractivity contribution is -0.120. The SMILES string of the molecule is Cc1ccc(Cl)cc1N(CC(=O)NC1CCCc2ccccc21)S(=O)(=O)c1ccccc1. The normalized spacial score (nSPS) is 15.6. The van der Waals surface area contributed by atoms with E-state index in [0.29, 0.717) is 16.3 Å².